The van der Waals surface area contributed by atoms with E-state index in [1.54, 1.807) is 0 Å². The Hall–Kier alpha value is -3.36. The van der Waals surface area contributed by atoms with Crippen LogP contribution in [0.2, 0.25) is 0 Å². The quantitative estimate of drug-likeness (QED) is 0.406. The first-order valence-electron chi connectivity index (χ1n) is 10.3. The van der Waals surface area contributed by atoms with Crippen molar-refractivity contribution in [1.82, 2.24) is 14.8 Å². The smallest absolute Gasteiger partial charge is 0.462 e. The van der Waals surface area contributed by atoms with E-state index in [4.69, 9.17) is 4.74 Å². The van der Waals surface area contributed by atoms with Gasteiger partial charge in [-0.15, -0.1) is 18.3 Å². The number of benzene rings is 2. The number of alkyl halides is 3. The molecular formula is C23H24F3N3O3. The lowest BCUT2D eigenvalue weighted by atomic mass is 10.1. The Balaban J connectivity index is 1.61. The number of esters is 1. The van der Waals surface area contributed by atoms with Gasteiger partial charge in [-0.2, -0.15) is 0 Å². The van der Waals surface area contributed by atoms with E-state index in [0.29, 0.717) is 11.5 Å². The van der Waals surface area contributed by atoms with Gasteiger partial charge in [0.05, 0.1) is 18.2 Å². The number of rotatable bonds is 9. The van der Waals surface area contributed by atoms with E-state index in [9.17, 15) is 18.0 Å². The van der Waals surface area contributed by atoms with Crippen molar-refractivity contribution in [3.63, 3.8) is 0 Å². The Kier molecular flexibility index (Phi) is 7.50. The van der Waals surface area contributed by atoms with Crippen LogP contribution in [0.15, 0.2) is 54.9 Å². The van der Waals surface area contributed by atoms with Gasteiger partial charge in [-0.1, -0.05) is 44.0 Å². The van der Waals surface area contributed by atoms with Crippen molar-refractivity contribution in [3.05, 3.63) is 60.4 Å². The number of nitrogens with zero attached hydrogens (tertiary/aromatic N) is 3. The molecule has 3 rings (SSSR count). The molecule has 0 aliphatic heterocycles. The number of aromatic nitrogens is 3. The van der Waals surface area contributed by atoms with E-state index in [-0.39, 0.29) is 24.2 Å². The van der Waals surface area contributed by atoms with E-state index >= 15 is 0 Å². The van der Waals surface area contributed by atoms with Gasteiger partial charge in [0.2, 0.25) is 0 Å². The second-order valence-electron chi connectivity index (χ2n) is 7.37. The molecule has 0 aliphatic carbocycles. The molecule has 1 unspecified atom stereocenters. The first-order valence-corrected chi connectivity index (χ1v) is 10.3. The van der Waals surface area contributed by atoms with Gasteiger partial charge in [-0.25, -0.2) is 9.67 Å². The summed E-state index contributed by atoms with van der Waals surface area (Å²) in [6.07, 6.45) is -0.239. The lowest BCUT2D eigenvalue weighted by Crippen LogP contribution is -2.17. The molecule has 0 saturated heterocycles. The van der Waals surface area contributed by atoms with Gasteiger partial charge in [0.25, 0.3) is 0 Å². The fourth-order valence-corrected chi connectivity index (χ4v) is 3.08. The Bertz CT molecular complexity index is 1020. The lowest BCUT2D eigenvalue weighted by Gasteiger charge is -2.12. The lowest BCUT2D eigenvalue weighted by molar-refractivity contribution is -0.274. The summed E-state index contributed by atoms with van der Waals surface area (Å²) >= 11 is 0. The van der Waals surface area contributed by atoms with Crippen LogP contribution in [0.5, 0.6) is 5.75 Å². The molecule has 0 radical (unpaired) electrons. The number of halogens is 3. The van der Waals surface area contributed by atoms with Crippen LogP contribution in [0, 0.1) is 0 Å². The van der Waals surface area contributed by atoms with Gasteiger partial charge in [0.1, 0.15) is 12.1 Å². The van der Waals surface area contributed by atoms with Crippen LogP contribution in [-0.2, 0) is 16.0 Å². The summed E-state index contributed by atoms with van der Waals surface area (Å²) in [6.45, 7) is 3.99. The fraction of sp³-hybridized carbons (Fsp3) is 0.348. The monoisotopic (exact) mass is 447 g/mol. The number of unbranched alkanes of at least 4 members (excludes halogenated alkanes) is 1. The van der Waals surface area contributed by atoms with Crippen molar-refractivity contribution in [3.8, 4) is 22.8 Å². The molecule has 170 valence electrons. The molecule has 1 aromatic heterocycles. The van der Waals surface area contributed by atoms with Gasteiger partial charge in [-0.05, 0) is 43.2 Å². The average Bonchev–Trinajstić information content (AvgIpc) is 3.22. The molecule has 1 atom stereocenters. The second kappa shape index (κ2) is 10.3. The molecule has 3 aromatic rings. The number of hydrogen-bond acceptors (Lipinski definition) is 5. The molecule has 32 heavy (non-hydrogen) atoms. The fourth-order valence-electron chi connectivity index (χ4n) is 3.08. The van der Waals surface area contributed by atoms with Crippen molar-refractivity contribution < 1.29 is 27.4 Å². The molecule has 0 fully saturated rings. The predicted octanol–water partition coefficient (Wildman–Crippen LogP) is 5.50. The van der Waals surface area contributed by atoms with Crippen LogP contribution in [-0.4, -0.2) is 33.2 Å². The predicted molar refractivity (Wildman–Crippen MR) is 112 cm³/mol. The highest BCUT2D eigenvalue weighted by atomic mass is 19.4. The zero-order valence-electron chi connectivity index (χ0n) is 17.8. The highest BCUT2D eigenvalue weighted by Gasteiger charge is 2.31. The molecule has 2 aromatic carbocycles. The van der Waals surface area contributed by atoms with Crippen LogP contribution in [0.25, 0.3) is 17.1 Å². The maximum absolute atomic E-state index is 12.3. The molecule has 0 saturated carbocycles. The molecule has 0 spiro atoms. The largest absolute Gasteiger partial charge is 0.573 e. The number of hydrogen-bond donors (Lipinski definition) is 0. The van der Waals surface area contributed by atoms with Crippen LogP contribution in [0.1, 0.15) is 38.7 Å². The van der Waals surface area contributed by atoms with Gasteiger partial charge in [-0.3, -0.25) is 4.79 Å². The molecule has 0 aliphatic rings. The number of carbonyl (C=O) groups is 1. The van der Waals surface area contributed by atoms with Crippen LogP contribution >= 0.6 is 0 Å². The molecule has 0 bridgehead atoms. The highest BCUT2D eigenvalue weighted by Crippen LogP contribution is 2.24. The molecule has 1 heterocycles. The van der Waals surface area contributed by atoms with Crippen LogP contribution in [0.4, 0.5) is 13.2 Å². The minimum atomic E-state index is -4.74. The van der Waals surface area contributed by atoms with Gasteiger partial charge >= 0.3 is 12.3 Å². The Morgan fingerprint density at radius 3 is 2.41 bits per heavy atom. The SMILES string of the molecule is CCCCC(C)OC(=O)Cc1ccc(-c2ncn(-c3ccc(OC(F)(F)F)cc3)n2)cc1. The third-order valence-corrected chi connectivity index (χ3v) is 4.68. The zero-order chi connectivity index (χ0) is 23.1. The highest BCUT2D eigenvalue weighted by molar-refractivity contribution is 5.73. The van der Waals surface area contributed by atoms with Crippen LogP contribution < -0.4 is 4.74 Å². The van der Waals surface area contributed by atoms with Gasteiger partial charge in [0.15, 0.2) is 5.82 Å². The van der Waals surface area contributed by atoms with Crippen LogP contribution in [0.3, 0.4) is 0 Å². The number of ether oxygens (including phenoxy) is 2. The topological polar surface area (TPSA) is 66.2 Å². The van der Waals surface area contributed by atoms with E-state index in [2.05, 4.69) is 21.7 Å². The molecule has 0 N–H and O–H groups in total. The van der Waals surface area contributed by atoms with Crippen molar-refractivity contribution in [2.75, 3.05) is 0 Å². The third kappa shape index (κ3) is 6.83. The molecular weight excluding hydrogens is 423 g/mol. The van der Waals surface area contributed by atoms with Gasteiger partial charge in [0, 0.05) is 5.56 Å². The second-order valence-corrected chi connectivity index (χ2v) is 7.37. The maximum atomic E-state index is 12.3. The standard InChI is InChI=1S/C23H24F3N3O3/c1-3-4-5-16(2)31-21(30)14-17-6-8-18(9-7-17)22-27-15-29(28-22)19-10-12-20(13-11-19)32-23(24,25)26/h6-13,15-16H,3-5,14H2,1-2H3. The summed E-state index contributed by atoms with van der Waals surface area (Å²) in [5.74, 6) is -0.125. The minimum absolute atomic E-state index is 0.0935. The zero-order valence-corrected chi connectivity index (χ0v) is 17.8. The van der Waals surface area contributed by atoms with E-state index < -0.39 is 6.36 Å². The molecule has 9 heteroatoms. The summed E-state index contributed by atoms with van der Waals surface area (Å²) in [5.41, 5.74) is 2.10. The summed E-state index contributed by atoms with van der Waals surface area (Å²) in [7, 11) is 0. The summed E-state index contributed by atoms with van der Waals surface area (Å²) in [4.78, 5) is 16.3. The Labute approximate surface area is 184 Å². The first kappa shape index (κ1) is 23.3. The van der Waals surface area contributed by atoms with E-state index in [1.807, 2.05) is 31.2 Å². The number of carbonyl (C=O) groups excluding carboxylic acids is 1. The summed E-state index contributed by atoms with van der Waals surface area (Å²) in [6, 6.07) is 12.6. The third-order valence-electron chi connectivity index (χ3n) is 4.68. The summed E-state index contributed by atoms with van der Waals surface area (Å²) < 4.78 is 47.6. The normalized spacial score (nSPS) is 12.4. The minimum Gasteiger partial charge on any atom is -0.462 e. The Morgan fingerprint density at radius 1 is 1.09 bits per heavy atom. The molecule has 0 amide bonds. The van der Waals surface area contributed by atoms with Gasteiger partial charge < -0.3 is 9.47 Å². The first-order chi connectivity index (χ1) is 15.2. The summed E-state index contributed by atoms with van der Waals surface area (Å²) in [5, 5.41) is 4.36. The van der Waals surface area contributed by atoms with E-state index in [1.165, 1.54) is 35.3 Å². The maximum Gasteiger partial charge on any atom is 0.573 e. The van der Waals surface area contributed by atoms with Crippen molar-refractivity contribution in [1.29, 1.82) is 0 Å². The van der Waals surface area contributed by atoms with E-state index in [0.717, 1.165) is 30.4 Å². The Morgan fingerprint density at radius 2 is 1.78 bits per heavy atom. The van der Waals surface area contributed by atoms with Crippen molar-refractivity contribution in [2.45, 2.75) is 52.0 Å². The van der Waals surface area contributed by atoms with Crippen molar-refractivity contribution >= 4 is 5.97 Å². The average molecular weight is 447 g/mol. The molecule has 6 nitrogen and oxygen atoms in total. The van der Waals surface area contributed by atoms with Crippen molar-refractivity contribution in [2.24, 2.45) is 0 Å².